The van der Waals surface area contributed by atoms with Gasteiger partial charge in [0.15, 0.2) is 11.5 Å². The van der Waals surface area contributed by atoms with Crippen molar-refractivity contribution in [3.63, 3.8) is 0 Å². The van der Waals surface area contributed by atoms with Crippen LogP contribution in [-0.2, 0) is 22.6 Å². The third-order valence-electron chi connectivity index (χ3n) is 7.15. The number of carbonyl (C=O) groups is 2. The van der Waals surface area contributed by atoms with Gasteiger partial charge in [0.1, 0.15) is 12.3 Å². The van der Waals surface area contributed by atoms with E-state index in [9.17, 15) is 19.7 Å². The van der Waals surface area contributed by atoms with Crippen LogP contribution < -0.4 is 9.47 Å². The van der Waals surface area contributed by atoms with Gasteiger partial charge in [-0.3, -0.25) is 24.6 Å². The standard InChI is InChI=1S/C29H32N4O8/c1-21-4-6-23(16-25(21)33(36)37)29(35)31(9-8-30-10-13-38-14-11-30)19-28(34)32(18-24-3-2-12-39-24)17-22-5-7-26-27(15-22)41-20-40-26/h2-7,12,15-16H,8-11,13-14,17-20H2,1H3. The molecule has 216 valence electrons. The van der Waals surface area contributed by atoms with Crippen LogP contribution in [0.4, 0.5) is 5.69 Å². The first-order chi connectivity index (χ1) is 19.9. The molecule has 2 aliphatic rings. The summed E-state index contributed by atoms with van der Waals surface area (Å²) in [5.41, 5.74) is 1.30. The molecule has 0 unspecified atom stereocenters. The first kappa shape index (κ1) is 28.1. The summed E-state index contributed by atoms with van der Waals surface area (Å²) in [6.45, 7) is 5.45. The summed E-state index contributed by atoms with van der Waals surface area (Å²) in [7, 11) is 0. The maximum atomic E-state index is 13.8. The van der Waals surface area contributed by atoms with Gasteiger partial charge in [-0.15, -0.1) is 0 Å². The molecule has 0 aliphatic carbocycles. The molecule has 2 aliphatic heterocycles. The first-order valence-electron chi connectivity index (χ1n) is 13.4. The van der Waals surface area contributed by atoms with Crippen LogP contribution in [0.1, 0.15) is 27.2 Å². The number of amides is 2. The summed E-state index contributed by atoms with van der Waals surface area (Å²) in [5, 5.41) is 11.5. The second-order valence-corrected chi connectivity index (χ2v) is 9.96. The van der Waals surface area contributed by atoms with Crippen LogP contribution in [0.2, 0.25) is 0 Å². The van der Waals surface area contributed by atoms with Crippen molar-refractivity contribution in [1.29, 1.82) is 0 Å². The van der Waals surface area contributed by atoms with E-state index in [0.717, 1.165) is 18.7 Å². The lowest BCUT2D eigenvalue weighted by atomic mass is 10.1. The maximum Gasteiger partial charge on any atom is 0.273 e. The summed E-state index contributed by atoms with van der Waals surface area (Å²) in [4.78, 5) is 43.8. The molecule has 12 nitrogen and oxygen atoms in total. The highest BCUT2D eigenvalue weighted by molar-refractivity contribution is 5.97. The normalized spacial score (nSPS) is 14.6. The van der Waals surface area contributed by atoms with E-state index in [1.54, 1.807) is 48.4 Å². The summed E-state index contributed by atoms with van der Waals surface area (Å²) in [5.74, 6) is 1.10. The Kier molecular flexibility index (Phi) is 8.80. The molecule has 12 heteroatoms. The number of ether oxygens (including phenoxy) is 3. The molecule has 41 heavy (non-hydrogen) atoms. The number of morpholine rings is 1. The number of nitrogens with zero attached hydrogens (tertiary/aromatic N) is 4. The van der Waals surface area contributed by atoms with E-state index in [0.29, 0.717) is 42.6 Å². The minimum atomic E-state index is -0.508. The van der Waals surface area contributed by atoms with E-state index in [2.05, 4.69) is 4.90 Å². The van der Waals surface area contributed by atoms with Gasteiger partial charge in [-0.1, -0.05) is 12.1 Å². The Morgan fingerprint density at radius 2 is 1.80 bits per heavy atom. The van der Waals surface area contributed by atoms with Gasteiger partial charge in [-0.05, 0) is 42.8 Å². The Morgan fingerprint density at radius 1 is 1.00 bits per heavy atom. The van der Waals surface area contributed by atoms with Gasteiger partial charge in [0.25, 0.3) is 11.6 Å². The van der Waals surface area contributed by atoms with Gasteiger partial charge in [0.2, 0.25) is 12.7 Å². The molecule has 1 saturated heterocycles. The van der Waals surface area contributed by atoms with Crippen molar-refractivity contribution >= 4 is 17.5 Å². The SMILES string of the molecule is Cc1ccc(C(=O)N(CCN2CCOCC2)CC(=O)N(Cc2ccc3c(c2)OCO3)Cc2ccco2)cc1[N+](=O)[O-]. The van der Waals surface area contributed by atoms with Crippen LogP contribution in [-0.4, -0.2) is 84.2 Å². The van der Waals surface area contributed by atoms with Crippen molar-refractivity contribution in [3.05, 3.63) is 87.4 Å². The fraction of sp³-hybridized carbons (Fsp3) is 0.379. The molecule has 0 atom stereocenters. The number of hydrogen-bond donors (Lipinski definition) is 0. The van der Waals surface area contributed by atoms with E-state index < -0.39 is 10.8 Å². The number of nitro groups is 1. The van der Waals surface area contributed by atoms with Crippen LogP contribution in [0.25, 0.3) is 0 Å². The number of fused-ring (bicyclic) bond motifs is 1. The minimum absolute atomic E-state index is 0.141. The van der Waals surface area contributed by atoms with Gasteiger partial charge < -0.3 is 28.4 Å². The molecule has 1 fully saturated rings. The lowest BCUT2D eigenvalue weighted by molar-refractivity contribution is -0.385. The number of carbonyl (C=O) groups excluding carboxylic acids is 2. The number of benzene rings is 2. The Morgan fingerprint density at radius 3 is 2.56 bits per heavy atom. The summed E-state index contributed by atoms with van der Waals surface area (Å²) >= 11 is 0. The fourth-order valence-electron chi connectivity index (χ4n) is 4.81. The van der Waals surface area contributed by atoms with Crippen molar-refractivity contribution in [1.82, 2.24) is 14.7 Å². The lowest BCUT2D eigenvalue weighted by Gasteiger charge is -2.31. The van der Waals surface area contributed by atoms with E-state index >= 15 is 0 Å². The van der Waals surface area contributed by atoms with E-state index in [-0.39, 0.29) is 50.1 Å². The molecule has 0 bridgehead atoms. The number of hydrogen-bond acceptors (Lipinski definition) is 9. The number of rotatable bonds is 11. The second-order valence-electron chi connectivity index (χ2n) is 9.96. The Labute approximate surface area is 237 Å². The summed E-state index contributed by atoms with van der Waals surface area (Å²) in [6, 6.07) is 13.4. The van der Waals surface area contributed by atoms with Crippen LogP contribution in [0.5, 0.6) is 11.5 Å². The molecule has 5 rings (SSSR count). The van der Waals surface area contributed by atoms with Crippen molar-refractivity contribution in [2.24, 2.45) is 0 Å². The van der Waals surface area contributed by atoms with E-state index in [4.69, 9.17) is 18.6 Å². The van der Waals surface area contributed by atoms with Crippen molar-refractivity contribution in [3.8, 4) is 11.5 Å². The number of aryl methyl sites for hydroxylation is 1. The van der Waals surface area contributed by atoms with Gasteiger partial charge in [0.05, 0.1) is 30.9 Å². The molecule has 2 aromatic carbocycles. The molecular weight excluding hydrogens is 532 g/mol. The van der Waals surface area contributed by atoms with E-state index in [1.807, 2.05) is 12.1 Å². The Bertz CT molecular complexity index is 1390. The lowest BCUT2D eigenvalue weighted by Crippen LogP contribution is -2.47. The highest BCUT2D eigenvalue weighted by atomic mass is 16.7. The number of furan rings is 1. The molecule has 2 amide bonds. The van der Waals surface area contributed by atoms with Crippen LogP contribution in [0, 0.1) is 17.0 Å². The van der Waals surface area contributed by atoms with Crippen molar-refractivity contribution < 1.29 is 33.1 Å². The predicted molar refractivity (Wildman–Crippen MR) is 147 cm³/mol. The average Bonchev–Trinajstić information content (AvgIpc) is 3.67. The average molecular weight is 565 g/mol. The molecule has 0 N–H and O–H groups in total. The third-order valence-corrected chi connectivity index (χ3v) is 7.15. The quantitative estimate of drug-likeness (QED) is 0.255. The third kappa shape index (κ3) is 7.02. The Balaban J connectivity index is 1.38. The topological polar surface area (TPSA) is 128 Å². The fourth-order valence-corrected chi connectivity index (χ4v) is 4.81. The van der Waals surface area contributed by atoms with Crippen LogP contribution in [0.3, 0.4) is 0 Å². The van der Waals surface area contributed by atoms with Gasteiger partial charge in [-0.25, -0.2) is 0 Å². The first-order valence-corrected chi connectivity index (χ1v) is 13.4. The highest BCUT2D eigenvalue weighted by Gasteiger charge is 2.26. The van der Waals surface area contributed by atoms with Crippen molar-refractivity contribution in [2.75, 3.05) is 52.7 Å². The largest absolute Gasteiger partial charge is 0.467 e. The van der Waals surface area contributed by atoms with Gasteiger partial charge in [-0.2, -0.15) is 0 Å². The molecule has 0 saturated carbocycles. The zero-order chi connectivity index (χ0) is 28.8. The molecule has 0 radical (unpaired) electrons. The zero-order valence-corrected chi connectivity index (χ0v) is 22.8. The smallest absolute Gasteiger partial charge is 0.273 e. The highest BCUT2D eigenvalue weighted by Crippen LogP contribution is 2.33. The van der Waals surface area contributed by atoms with E-state index in [1.165, 1.54) is 11.0 Å². The molecule has 3 heterocycles. The number of nitro benzene ring substituents is 1. The van der Waals surface area contributed by atoms with Crippen LogP contribution in [0.15, 0.2) is 59.2 Å². The Hall–Kier alpha value is -4.42. The molecule has 0 spiro atoms. The molecular formula is C29H32N4O8. The van der Waals surface area contributed by atoms with Gasteiger partial charge in [0, 0.05) is 49.9 Å². The van der Waals surface area contributed by atoms with Gasteiger partial charge >= 0.3 is 0 Å². The van der Waals surface area contributed by atoms with Crippen molar-refractivity contribution in [2.45, 2.75) is 20.0 Å². The maximum absolute atomic E-state index is 13.8. The summed E-state index contributed by atoms with van der Waals surface area (Å²) in [6.07, 6.45) is 1.54. The zero-order valence-electron chi connectivity index (χ0n) is 22.8. The monoisotopic (exact) mass is 564 g/mol. The molecule has 1 aromatic heterocycles. The summed E-state index contributed by atoms with van der Waals surface area (Å²) < 4.78 is 21.8. The predicted octanol–water partition coefficient (Wildman–Crippen LogP) is 3.23. The minimum Gasteiger partial charge on any atom is -0.467 e. The molecule has 3 aromatic rings. The second kappa shape index (κ2) is 12.8. The van der Waals surface area contributed by atoms with Crippen LogP contribution >= 0.6 is 0 Å².